The van der Waals surface area contributed by atoms with E-state index < -0.39 is 0 Å². The van der Waals surface area contributed by atoms with Gasteiger partial charge in [-0.3, -0.25) is 4.79 Å². The van der Waals surface area contributed by atoms with E-state index >= 15 is 0 Å². The van der Waals surface area contributed by atoms with Crippen molar-refractivity contribution < 1.29 is 14.3 Å². The van der Waals surface area contributed by atoms with Crippen molar-refractivity contribution in [2.45, 2.75) is 39.2 Å². The van der Waals surface area contributed by atoms with Gasteiger partial charge in [0.25, 0.3) is 0 Å². The maximum atomic E-state index is 12.1. The lowest BCUT2D eigenvalue weighted by Crippen LogP contribution is -2.27. The average molecular weight is 287 g/mol. The third-order valence-corrected chi connectivity index (χ3v) is 4.13. The molecule has 2 fully saturated rings. The fourth-order valence-corrected chi connectivity index (χ4v) is 3.03. The van der Waals surface area contributed by atoms with Crippen LogP contribution in [0.3, 0.4) is 0 Å². The largest absolute Gasteiger partial charge is 0.462 e. The van der Waals surface area contributed by atoms with Crippen LogP contribution in [0.4, 0.5) is 0 Å². The molecule has 1 amide bonds. The number of aryl methyl sites for hydroxylation is 2. The Morgan fingerprint density at radius 3 is 2.52 bits per heavy atom. The number of nitrogens with zero attached hydrogens (tertiary/aromatic N) is 1. The minimum Gasteiger partial charge on any atom is -0.462 e. The van der Waals surface area contributed by atoms with Crippen LogP contribution < -0.4 is 0 Å². The van der Waals surface area contributed by atoms with Crippen LogP contribution in [0.2, 0.25) is 0 Å². The number of likely N-dealkylation sites (tertiary alicyclic amines) is 1. The summed E-state index contributed by atoms with van der Waals surface area (Å²) in [6.07, 6.45) is 2.76. The van der Waals surface area contributed by atoms with Crippen LogP contribution in [0.25, 0.3) is 0 Å². The van der Waals surface area contributed by atoms with Crippen molar-refractivity contribution in [3.8, 4) is 0 Å². The molecule has 1 saturated carbocycles. The molecule has 2 aliphatic rings. The molecule has 112 valence electrons. The second-order valence-electron chi connectivity index (χ2n) is 6.32. The molecule has 0 radical (unpaired) electrons. The van der Waals surface area contributed by atoms with Gasteiger partial charge in [-0.05, 0) is 38.8 Å². The van der Waals surface area contributed by atoms with Gasteiger partial charge in [0.05, 0.1) is 12.2 Å². The molecular weight excluding hydrogens is 266 g/mol. The van der Waals surface area contributed by atoms with Crippen molar-refractivity contribution in [1.82, 2.24) is 4.90 Å². The van der Waals surface area contributed by atoms with Crippen LogP contribution in [0.5, 0.6) is 0 Å². The molecule has 1 unspecified atom stereocenters. The summed E-state index contributed by atoms with van der Waals surface area (Å²) >= 11 is 0. The molecule has 3 rings (SSSR count). The number of hydrogen-bond acceptors (Lipinski definition) is 3. The Hall–Kier alpha value is -1.84. The number of amides is 1. The molecule has 1 saturated heterocycles. The summed E-state index contributed by atoms with van der Waals surface area (Å²) in [4.78, 5) is 25.9. The lowest BCUT2D eigenvalue weighted by atomic mass is 10.1. The molecule has 1 heterocycles. The highest BCUT2D eigenvalue weighted by Crippen LogP contribution is 2.32. The quantitative estimate of drug-likeness (QED) is 0.799. The standard InChI is InChI=1S/C17H21NO3/c1-11-5-12(2)7-14(6-11)17(20)21-10-13-8-16(19)18(9-13)15-3-4-15/h5-7,13,15H,3-4,8-10H2,1-2H3. The van der Waals surface area contributed by atoms with Gasteiger partial charge >= 0.3 is 5.97 Å². The van der Waals surface area contributed by atoms with Gasteiger partial charge in [-0.1, -0.05) is 17.2 Å². The third kappa shape index (κ3) is 3.26. The Morgan fingerprint density at radius 1 is 1.24 bits per heavy atom. The average Bonchev–Trinajstić information content (AvgIpc) is 3.19. The molecule has 1 aliphatic heterocycles. The minimum absolute atomic E-state index is 0.146. The molecule has 21 heavy (non-hydrogen) atoms. The van der Waals surface area contributed by atoms with Crippen LogP contribution in [-0.4, -0.2) is 36.0 Å². The summed E-state index contributed by atoms with van der Waals surface area (Å²) in [6, 6.07) is 6.16. The predicted molar refractivity (Wildman–Crippen MR) is 79.0 cm³/mol. The second-order valence-corrected chi connectivity index (χ2v) is 6.32. The highest BCUT2D eigenvalue weighted by molar-refractivity contribution is 5.90. The van der Waals surface area contributed by atoms with Gasteiger partial charge in [0.1, 0.15) is 0 Å². The van der Waals surface area contributed by atoms with E-state index in [-0.39, 0.29) is 17.8 Å². The summed E-state index contributed by atoms with van der Waals surface area (Å²) in [6.45, 7) is 5.00. The predicted octanol–water partition coefficient (Wildman–Crippen LogP) is 2.47. The second kappa shape index (κ2) is 5.51. The molecule has 4 heteroatoms. The van der Waals surface area contributed by atoms with Crippen molar-refractivity contribution in [2.75, 3.05) is 13.2 Å². The van der Waals surface area contributed by atoms with Crippen LogP contribution >= 0.6 is 0 Å². The molecule has 1 aromatic carbocycles. The van der Waals surface area contributed by atoms with Gasteiger partial charge < -0.3 is 9.64 Å². The molecular formula is C17H21NO3. The Balaban J connectivity index is 1.55. The zero-order valence-electron chi connectivity index (χ0n) is 12.6. The van der Waals surface area contributed by atoms with Gasteiger partial charge in [0, 0.05) is 24.9 Å². The summed E-state index contributed by atoms with van der Waals surface area (Å²) < 4.78 is 5.40. The van der Waals surface area contributed by atoms with E-state index in [2.05, 4.69) is 0 Å². The van der Waals surface area contributed by atoms with E-state index in [1.165, 1.54) is 0 Å². The van der Waals surface area contributed by atoms with Crippen LogP contribution in [0, 0.1) is 19.8 Å². The van der Waals surface area contributed by atoms with Gasteiger partial charge in [0.2, 0.25) is 5.91 Å². The first-order chi connectivity index (χ1) is 10.0. The van der Waals surface area contributed by atoms with Gasteiger partial charge in [-0.2, -0.15) is 0 Å². The maximum Gasteiger partial charge on any atom is 0.338 e. The van der Waals surface area contributed by atoms with Gasteiger partial charge in [-0.15, -0.1) is 0 Å². The first kappa shape index (κ1) is 14.1. The first-order valence-electron chi connectivity index (χ1n) is 7.58. The highest BCUT2D eigenvalue weighted by atomic mass is 16.5. The van der Waals surface area contributed by atoms with Crippen molar-refractivity contribution in [3.63, 3.8) is 0 Å². The van der Waals surface area contributed by atoms with Crippen molar-refractivity contribution in [3.05, 3.63) is 34.9 Å². The normalized spacial score (nSPS) is 21.7. The zero-order valence-corrected chi connectivity index (χ0v) is 12.6. The molecule has 1 aromatic rings. The Kier molecular flexibility index (Phi) is 3.70. The van der Waals surface area contributed by atoms with E-state index in [0.717, 1.165) is 30.5 Å². The monoisotopic (exact) mass is 287 g/mol. The number of carbonyl (C=O) groups excluding carboxylic acids is 2. The fraction of sp³-hybridized carbons (Fsp3) is 0.529. The van der Waals surface area contributed by atoms with Crippen LogP contribution in [-0.2, 0) is 9.53 Å². The number of ether oxygens (including phenoxy) is 1. The number of esters is 1. The Labute approximate surface area is 125 Å². The topological polar surface area (TPSA) is 46.6 Å². The Bertz CT molecular complexity index is 557. The maximum absolute atomic E-state index is 12.1. The van der Waals surface area contributed by atoms with Crippen LogP contribution in [0.15, 0.2) is 18.2 Å². The summed E-state index contributed by atoms with van der Waals surface area (Å²) in [5.41, 5.74) is 2.70. The van der Waals surface area contributed by atoms with Crippen LogP contribution in [0.1, 0.15) is 40.7 Å². The molecule has 1 aliphatic carbocycles. The first-order valence-corrected chi connectivity index (χ1v) is 7.58. The fourth-order valence-electron chi connectivity index (χ4n) is 3.03. The lowest BCUT2D eigenvalue weighted by Gasteiger charge is -2.15. The van der Waals surface area contributed by atoms with E-state index in [0.29, 0.717) is 24.6 Å². The third-order valence-electron chi connectivity index (χ3n) is 4.13. The highest BCUT2D eigenvalue weighted by Gasteiger charge is 2.39. The molecule has 0 spiro atoms. The van der Waals surface area contributed by atoms with E-state index in [1.807, 2.05) is 36.9 Å². The molecule has 0 N–H and O–H groups in total. The molecule has 0 bridgehead atoms. The minimum atomic E-state index is -0.292. The summed E-state index contributed by atoms with van der Waals surface area (Å²) in [5.74, 6) is 0.0667. The van der Waals surface area contributed by atoms with E-state index in [1.54, 1.807) is 0 Å². The van der Waals surface area contributed by atoms with Gasteiger partial charge in [0.15, 0.2) is 0 Å². The number of benzene rings is 1. The van der Waals surface area contributed by atoms with Crippen molar-refractivity contribution >= 4 is 11.9 Å². The molecule has 1 atom stereocenters. The molecule has 4 nitrogen and oxygen atoms in total. The van der Waals surface area contributed by atoms with Crippen molar-refractivity contribution in [2.24, 2.45) is 5.92 Å². The van der Waals surface area contributed by atoms with E-state index in [9.17, 15) is 9.59 Å². The SMILES string of the molecule is Cc1cc(C)cc(C(=O)OCC2CC(=O)N(C3CC3)C2)c1. The number of carbonyl (C=O) groups is 2. The smallest absolute Gasteiger partial charge is 0.338 e. The molecule has 0 aromatic heterocycles. The number of rotatable bonds is 4. The Morgan fingerprint density at radius 2 is 1.90 bits per heavy atom. The van der Waals surface area contributed by atoms with E-state index in [4.69, 9.17) is 4.74 Å². The number of hydrogen-bond donors (Lipinski definition) is 0. The summed E-state index contributed by atoms with van der Waals surface area (Å²) in [5, 5.41) is 0. The van der Waals surface area contributed by atoms with Gasteiger partial charge in [-0.25, -0.2) is 4.79 Å². The van der Waals surface area contributed by atoms with Crippen molar-refractivity contribution in [1.29, 1.82) is 0 Å². The lowest BCUT2D eigenvalue weighted by molar-refractivity contribution is -0.128. The zero-order chi connectivity index (χ0) is 15.0. The summed E-state index contributed by atoms with van der Waals surface area (Å²) in [7, 11) is 0.